The van der Waals surface area contributed by atoms with Gasteiger partial charge in [0, 0.05) is 11.3 Å². The van der Waals surface area contributed by atoms with E-state index in [4.69, 9.17) is 0 Å². The summed E-state index contributed by atoms with van der Waals surface area (Å²) in [6.45, 7) is 7.27. The van der Waals surface area contributed by atoms with Crippen LogP contribution in [0.5, 0.6) is 5.75 Å². The average Bonchev–Trinajstić information content (AvgIpc) is 3.02. The summed E-state index contributed by atoms with van der Waals surface area (Å²) in [7, 11) is 0. The Hall–Kier alpha value is -3.93. The van der Waals surface area contributed by atoms with Crippen LogP contribution in [-0.2, 0) is 11.5 Å². The number of anilines is 3. The predicted octanol–water partition coefficient (Wildman–Crippen LogP) is 6.40. The molecule has 0 spiro atoms. The largest absolute Gasteiger partial charge is 0.506 e. The fourth-order valence-corrected chi connectivity index (χ4v) is 4.00. The van der Waals surface area contributed by atoms with Crippen molar-refractivity contribution in [2.45, 2.75) is 34.4 Å². The third-order valence-electron chi connectivity index (χ3n) is 5.35. The Morgan fingerprint density at radius 1 is 1.06 bits per heavy atom. The first kappa shape index (κ1) is 22.3. The smallest absolute Gasteiger partial charge is 0.283 e. The number of rotatable bonds is 5. The maximum absolute atomic E-state index is 13.5. The Balaban J connectivity index is 1.75. The van der Waals surface area contributed by atoms with Gasteiger partial charge < -0.3 is 5.11 Å². The zero-order valence-electron chi connectivity index (χ0n) is 19.1. The van der Waals surface area contributed by atoms with Crippen molar-refractivity contribution in [2.75, 3.05) is 10.3 Å². The molecular weight excluding hydrogens is 417 g/mol. The lowest BCUT2D eigenvalue weighted by Gasteiger charge is -2.18. The highest BCUT2D eigenvalue weighted by Gasteiger charge is 2.35. The Morgan fingerprint density at radius 2 is 1.79 bits per heavy atom. The first-order valence-electron chi connectivity index (χ1n) is 10.7. The highest BCUT2D eigenvalue weighted by Crippen LogP contribution is 2.38. The van der Waals surface area contributed by atoms with Gasteiger partial charge in [-0.1, -0.05) is 35.9 Å². The highest BCUT2D eigenvalue weighted by atomic mass is 19.1. The van der Waals surface area contributed by atoms with Crippen LogP contribution in [0.4, 0.5) is 21.5 Å². The summed E-state index contributed by atoms with van der Waals surface area (Å²) in [5, 5.41) is 14.8. The number of hydrazone groups is 1. The van der Waals surface area contributed by atoms with Gasteiger partial charge in [-0.2, -0.15) is 5.10 Å². The van der Waals surface area contributed by atoms with Crippen LogP contribution in [0.25, 0.3) is 6.08 Å². The van der Waals surface area contributed by atoms with Gasteiger partial charge in [-0.15, -0.1) is 0 Å². The molecule has 1 aliphatic heterocycles. The minimum atomic E-state index is -0.626. The maximum Gasteiger partial charge on any atom is 0.283 e. The van der Waals surface area contributed by atoms with Crippen molar-refractivity contribution in [3.63, 3.8) is 0 Å². The molecule has 0 aromatic heterocycles. The minimum absolute atomic E-state index is 0.0268. The van der Waals surface area contributed by atoms with Crippen molar-refractivity contribution < 1.29 is 14.3 Å². The van der Waals surface area contributed by atoms with Gasteiger partial charge in [-0.3, -0.25) is 15.1 Å². The lowest BCUT2D eigenvalue weighted by Crippen LogP contribution is -2.26. The summed E-state index contributed by atoms with van der Waals surface area (Å²) in [6, 6.07) is 16.1. The number of allylic oxidation sites excluding steroid dienone is 1. The average molecular weight is 444 g/mol. The molecule has 3 aromatic rings. The Kier molecular flexibility index (Phi) is 6.01. The Labute approximate surface area is 192 Å². The number of phenols is 1. The molecule has 6 heteroatoms. The van der Waals surface area contributed by atoms with E-state index >= 15 is 0 Å². The number of carbonyl (C=O) groups is 1. The molecule has 0 saturated carbocycles. The van der Waals surface area contributed by atoms with Gasteiger partial charge in [0.2, 0.25) is 0 Å². The molecule has 3 aromatic carbocycles. The minimum Gasteiger partial charge on any atom is -0.506 e. The number of hydrogen-bond donors (Lipinski definition) is 2. The lowest BCUT2D eigenvalue weighted by atomic mass is 10.1. The second-order valence-electron chi connectivity index (χ2n) is 8.54. The number of halogens is 1. The van der Waals surface area contributed by atoms with E-state index in [1.807, 2.05) is 58.0 Å². The normalized spacial score (nSPS) is 13.9. The molecule has 1 aliphatic rings. The fraction of sp³-hybridized carbons (Fsp3) is 0.185. The van der Waals surface area contributed by atoms with Crippen LogP contribution in [0, 0.1) is 13.8 Å². The van der Waals surface area contributed by atoms with Crippen LogP contribution in [0.15, 0.2) is 65.3 Å². The number of fused-ring (bicyclic) bond motifs is 1. The molecule has 0 atom stereocenters. The summed E-state index contributed by atoms with van der Waals surface area (Å²) < 4.78 is 13.4. The van der Waals surface area contributed by atoms with E-state index in [1.165, 1.54) is 0 Å². The Morgan fingerprint density at radius 3 is 2.42 bits per heavy atom. The summed E-state index contributed by atoms with van der Waals surface area (Å²) >= 11 is 0. The number of phenolic OH excluding ortho intramolecular Hbond substituents is 1. The zero-order valence-corrected chi connectivity index (χ0v) is 19.1. The number of aryl methyl sites for hydroxylation is 2. The highest BCUT2D eigenvalue weighted by molar-refractivity contribution is 6.55. The molecule has 0 aliphatic carbocycles. The molecule has 0 radical (unpaired) electrons. The van der Waals surface area contributed by atoms with Gasteiger partial charge in [0.15, 0.2) is 5.71 Å². The number of benzene rings is 3. The Bertz CT molecular complexity index is 1290. The molecule has 1 amide bonds. The van der Waals surface area contributed by atoms with Crippen molar-refractivity contribution in [3.05, 3.63) is 88.0 Å². The standard InChI is InChI=1S/C27H26FN3O2/c1-16(2)9-19-6-8-23(25(32)14-19)29-30-26-22-7-5-20(15-28)13-24(22)31(27(26)33)21-11-17(3)10-18(4)12-21/h5-14,29,32H,15H2,1-4H3/b30-26-. The summed E-state index contributed by atoms with van der Waals surface area (Å²) in [6.07, 6.45) is 1.95. The first-order valence-corrected chi connectivity index (χ1v) is 10.7. The van der Waals surface area contributed by atoms with Crippen molar-refractivity contribution >= 4 is 34.8 Å². The number of alkyl halides is 1. The number of nitrogens with one attached hydrogen (secondary N) is 1. The summed E-state index contributed by atoms with van der Waals surface area (Å²) in [4.78, 5) is 15.0. The van der Waals surface area contributed by atoms with Crippen LogP contribution in [-0.4, -0.2) is 16.7 Å². The molecule has 1 heterocycles. The fourth-order valence-electron chi connectivity index (χ4n) is 4.00. The number of aromatic hydroxyl groups is 1. The molecule has 0 bridgehead atoms. The van der Waals surface area contributed by atoms with Crippen molar-refractivity contribution in [2.24, 2.45) is 5.10 Å². The monoisotopic (exact) mass is 443 g/mol. The topological polar surface area (TPSA) is 64.9 Å². The zero-order chi connectivity index (χ0) is 23.7. The SMILES string of the molecule is CC(C)=Cc1ccc(N/N=C2\C(=O)N(c3cc(C)cc(C)c3)c3cc(CF)ccc32)c(O)c1. The van der Waals surface area contributed by atoms with Crippen LogP contribution in [0.1, 0.15) is 41.7 Å². The van der Waals surface area contributed by atoms with Gasteiger partial charge in [-0.25, -0.2) is 4.39 Å². The number of hydrogen-bond acceptors (Lipinski definition) is 4. The lowest BCUT2D eigenvalue weighted by molar-refractivity contribution is -0.111. The quantitative estimate of drug-likeness (QED) is 0.354. The third-order valence-corrected chi connectivity index (χ3v) is 5.35. The second kappa shape index (κ2) is 8.90. The van der Waals surface area contributed by atoms with E-state index in [0.717, 1.165) is 22.3 Å². The molecule has 0 fully saturated rings. The molecule has 2 N–H and O–H groups in total. The summed E-state index contributed by atoms with van der Waals surface area (Å²) in [5.41, 5.74) is 9.80. The molecule has 0 saturated heterocycles. The van der Waals surface area contributed by atoms with E-state index in [9.17, 15) is 14.3 Å². The van der Waals surface area contributed by atoms with Crippen LogP contribution >= 0.6 is 0 Å². The van der Waals surface area contributed by atoms with E-state index in [0.29, 0.717) is 28.2 Å². The van der Waals surface area contributed by atoms with Gasteiger partial charge >= 0.3 is 0 Å². The summed E-state index contributed by atoms with van der Waals surface area (Å²) in [5.74, 6) is -0.293. The van der Waals surface area contributed by atoms with Crippen LogP contribution in [0.3, 0.4) is 0 Å². The molecule has 4 rings (SSSR count). The third kappa shape index (κ3) is 4.51. The van der Waals surface area contributed by atoms with Crippen molar-refractivity contribution in [1.82, 2.24) is 0 Å². The van der Waals surface area contributed by atoms with Crippen molar-refractivity contribution in [3.8, 4) is 5.75 Å². The molecule has 168 valence electrons. The molecule has 33 heavy (non-hydrogen) atoms. The van der Waals surface area contributed by atoms with E-state index in [2.05, 4.69) is 10.5 Å². The van der Waals surface area contributed by atoms with E-state index < -0.39 is 6.67 Å². The van der Waals surface area contributed by atoms with Crippen LogP contribution < -0.4 is 10.3 Å². The number of amides is 1. The second-order valence-corrected chi connectivity index (χ2v) is 8.54. The van der Waals surface area contributed by atoms with Crippen LogP contribution in [0.2, 0.25) is 0 Å². The van der Waals surface area contributed by atoms with Gasteiger partial charge in [-0.05, 0) is 80.3 Å². The van der Waals surface area contributed by atoms with E-state index in [-0.39, 0.29) is 17.4 Å². The van der Waals surface area contributed by atoms with E-state index in [1.54, 1.807) is 35.2 Å². The molecular formula is C27H26FN3O2. The molecule has 5 nitrogen and oxygen atoms in total. The van der Waals surface area contributed by atoms with Gasteiger partial charge in [0.1, 0.15) is 12.4 Å². The van der Waals surface area contributed by atoms with Gasteiger partial charge in [0.25, 0.3) is 5.91 Å². The number of carbonyl (C=O) groups excluding carboxylic acids is 1. The first-order chi connectivity index (χ1) is 15.8. The molecule has 0 unspecified atom stereocenters. The maximum atomic E-state index is 13.5. The number of nitrogens with zero attached hydrogens (tertiary/aromatic N) is 2. The predicted molar refractivity (Wildman–Crippen MR) is 132 cm³/mol. The van der Waals surface area contributed by atoms with Crippen molar-refractivity contribution in [1.29, 1.82) is 0 Å². The van der Waals surface area contributed by atoms with Gasteiger partial charge in [0.05, 0.1) is 11.4 Å².